The van der Waals surface area contributed by atoms with E-state index in [0.29, 0.717) is 25.2 Å². The van der Waals surface area contributed by atoms with Crippen molar-refractivity contribution in [3.05, 3.63) is 64.2 Å². The lowest BCUT2D eigenvalue weighted by Crippen LogP contribution is -2.45. The first-order valence-electron chi connectivity index (χ1n) is 12.2. The van der Waals surface area contributed by atoms with Crippen LogP contribution in [0, 0.1) is 6.92 Å². The Hall–Kier alpha value is -3.72. The monoisotopic (exact) mass is 520 g/mol. The van der Waals surface area contributed by atoms with Crippen molar-refractivity contribution in [2.24, 2.45) is 0 Å². The number of hydrogen-bond acceptors (Lipinski definition) is 6. The van der Waals surface area contributed by atoms with Crippen LogP contribution in [0.5, 0.6) is 0 Å². The van der Waals surface area contributed by atoms with Gasteiger partial charge in [0, 0.05) is 28.9 Å². The smallest absolute Gasteiger partial charge is 0.408 e. The van der Waals surface area contributed by atoms with E-state index in [-0.39, 0.29) is 11.8 Å². The molecular formula is C28H32N4O4S. The third kappa shape index (κ3) is 6.54. The average molecular weight is 521 g/mol. The zero-order valence-electron chi connectivity index (χ0n) is 21.8. The number of aryl methyl sites for hydroxylation is 2. The Balaban J connectivity index is 1.39. The van der Waals surface area contributed by atoms with E-state index in [9.17, 15) is 14.4 Å². The van der Waals surface area contributed by atoms with Gasteiger partial charge in [-0.3, -0.25) is 9.59 Å². The van der Waals surface area contributed by atoms with Crippen molar-refractivity contribution in [2.75, 3.05) is 12.4 Å². The van der Waals surface area contributed by atoms with Gasteiger partial charge in [-0.2, -0.15) is 0 Å². The number of aromatic nitrogens is 1. The highest BCUT2D eigenvalue weighted by Gasteiger charge is 2.28. The van der Waals surface area contributed by atoms with Crippen molar-refractivity contribution in [1.82, 2.24) is 15.2 Å². The van der Waals surface area contributed by atoms with Crippen LogP contribution in [0.15, 0.2) is 42.6 Å². The number of pyridine rings is 1. The van der Waals surface area contributed by atoms with E-state index >= 15 is 0 Å². The number of anilines is 1. The first-order valence-corrected chi connectivity index (χ1v) is 13.0. The number of carbonyl (C=O) groups excluding carboxylic acids is 3. The molecule has 0 bridgehead atoms. The minimum Gasteiger partial charge on any atom is -0.444 e. The van der Waals surface area contributed by atoms with Crippen molar-refractivity contribution in [1.29, 1.82) is 0 Å². The standard InChI is InChI=1S/C28H32N4O4S/c1-17-20-8-6-7-9-22(20)37-23(17)16-32(5)24(33)13-10-18-14-19-11-12-21(26(34)31-25(19)29-15-18)30-27(35)36-28(2,3)4/h6-10,13-15,21H,11-12,16H2,1-5H3,(H,30,35)(H,29,31,34)/b13-10+. The van der Waals surface area contributed by atoms with E-state index in [1.165, 1.54) is 26.6 Å². The van der Waals surface area contributed by atoms with Gasteiger partial charge in [0.25, 0.3) is 0 Å². The molecule has 3 aromatic rings. The van der Waals surface area contributed by atoms with Gasteiger partial charge in [0.15, 0.2) is 0 Å². The van der Waals surface area contributed by atoms with Gasteiger partial charge in [-0.15, -0.1) is 11.3 Å². The van der Waals surface area contributed by atoms with E-state index < -0.39 is 17.7 Å². The van der Waals surface area contributed by atoms with Crippen LogP contribution < -0.4 is 10.6 Å². The van der Waals surface area contributed by atoms with Crippen LogP contribution in [0.2, 0.25) is 0 Å². The summed E-state index contributed by atoms with van der Waals surface area (Å²) >= 11 is 1.71. The molecule has 0 spiro atoms. The second-order valence-corrected chi connectivity index (χ2v) is 11.3. The first kappa shape index (κ1) is 26.3. The SMILES string of the molecule is Cc1c(CN(C)C(=O)/C=C/c2cnc3c(c2)CCC(NC(=O)OC(C)(C)C)C(=O)N3)sc2ccccc12. The molecule has 1 aliphatic heterocycles. The van der Waals surface area contributed by atoms with Crippen LogP contribution in [0.1, 0.15) is 48.8 Å². The molecule has 0 radical (unpaired) electrons. The molecular weight excluding hydrogens is 488 g/mol. The maximum absolute atomic E-state index is 12.8. The number of likely N-dealkylation sites (N-methyl/N-ethyl adjacent to an activating group) is 1. The van der Waals surface area contributed by atoms with E-state index in [2.05, 4.69) is 34.7 Å². The summed E-state index contributed by atoms with van der Waals surface area (Å²) in [6.45, 7) is 7.93. The number of ether oxygens (including phenoxy) is 1. The summed E-state index contributed by atoms with van der Waals surface area (Å²) in [4.78, 5) is 44.8. The van der Waals surface area contributed by atoms with Crippen LogP contribution >= 0.6 is 11.3 Å². The average Bonchev–Trinajstić information content (AvgIpc) is 3.05. The Labute approximate surface area is 220 Å². The van der Waals surface area contributed by atoms with Crippen molar-refractivity contribution in [2.45, 2.75) is 58.7 Å². The summed E-state index contributed by atoms with van der Waals surface area (Å²) in [5.41, 5.74) is 2.15. The Bertz CT molecular complexity index is 1370. The van der Waals surface area contributed by atoms with Gasteiger partial charge in [0.2, 0.25) is 11.8 Å². The predicted octanol–water partition coefficient (Wildman–Crippen LogP) is 5.05. The molecule has 8 nitrogen and oxygen atoms in total. The number of carbonyl (C=O) groups is 3. The topological polar surface area (TPSA) is 101 Å². The summed E-state index contributed by atoms with van der Waals surface area (Å²) in [6.07, 6.45) is 5.18. The molecule has 194 valence electrons. The molecule has 37 heavy (non-hydrogen) atoms. The third-order valence-electron chi connectivity index (χ3n) is 6.06. The zero-order chi connectivity index (χ0) is 26.7. The molecule has 2 N–H and O–H groups in total. The molecule has 2 aromatic heterocycles. The quantitative estimate of drug-likeness (QED) is 0.459. The second kappa shape index (κ2) is 10.7. The van der Waals surface area contributed by atoms with Crippen LogP contribution in [0.3, 0.4) is 0 Å². The number of benzene rings is 1. The predicted molar refractivity (Wildman–Crippen MR) is 146 cm³/mol. The first-order chi connectivity index (χ1) is 17.5. The largest absolute Gasteiger partial charge is 0.444 e. The number of rotatable bonds is 5. The Morgan fingerprint density at radius 1 is 1.30 bits per heavy atom. The summed E-state index contributed by atoms with van der Waals surface area (Å²) < 4.78 is 6.49. The number of fused-ring (bicyclic) bond motifs is 2. The molecule has 0 saturated carbocycles. The van der Waals surface area contributed by atoms with Crippen LogP contribution in [0.25, 0.3) is 16.2 Å². The number of hydrogen-bond donors (Lipinski definition) is 2. The van der Waals surface area contributed by atoms with Crippen LogP contribution in [-0.2, 0) is 27.3 Å². The van der Waals surface area contributed by atoms with E-state index in [4.69, 9.17) is 4.74 Å². The van der Waals surface area contributed by atoms with Crippen LogP contribution in [0.4, 0.5) is 10.6 Å². The van der Waals surface area contributed by atoms with Crippen LogP contribution in [-0.4, -0.2) is 46.5 Å². The van der Waals surface area contributed by atoms with Gasteiger partial charge < -0.3 is 20.3 Å². The van der Waals surface area contributed by atoms with Gasteiger partial charge in [-0.1, -0.05) is 18.2 Å². The normalized spacial score (nSPS) is 15.7. The molecule has 4 rings (SSSR count). The lowest BCUT2D eigenvalue weighted by molar-refractivity contribution is -0.125. The Morgan fingerprint density at radius 2 is 2.05 bits per heavy atom. The second-order valence-electron chi connectivity index (χ2n) is 10.2. The maximum atomic E-state index is 12.8. The summed E-state index contributed by atoms with van der Waals surface area (Å²) in [6, 6.07) is 9.44. The number of amides is 3. The van der Waals surface area contributed by atoms with E-state index in [1.807, 2.05) is 18.2 Å². The highest BCUT2D eigenvalue weighted by molar-refractivity contribution is 7.19. The fourth-order valence-electron chi connectivity index (χ4n) is 4.11. The fraction of sp³-hybridized carbons (Fsp3) is 0.357. The number of thiophene rings is 1. The van der Waals surface area contributed by atoms with Crippen molar-refractivity contribution in [3.63, 3.8) is 0 Å². The molecule has 0 saturated heterocycles. The molecule has 0 aliphatic carbocycles. The van der Waals surface area contributed by atoms with Gasteiger partial charge >= 0.3 is 6.09 Å². The molecule has 0 fully saturated rings. The van der Waals surface area contributed by atoms with E-state index in [0.717, 1.165) is 11.1 Å². The number of nitrogens with zero attached hydrogens (tertiary/aromatic N) is 2. The molecule has 1 unspecified atom stereocenters. The van der Waals surface area contributed by atoms with Gasteiger partial charge in [-0.25, -0.2) is 9.78 Å². The lowest BCUT2D eigenvalue weighted by Gasteiger charge is -2.22. The molecule has 1 aliphatic rings. The minimum absolute atomic E-state index is 0.110. The van der Waals surface area contributed by atoms with E-state index in [1.54, 1.807) is 56.3 Å². The highest BCUT2D eigenvalue weighted by Crippen LogP contribution is 2.31. The molecule has 3 amide bonds. The number of alkyl carbamates (subject to hydrolysis) is 1. The summed E-state index contributed by atoms with van der Waals surface area (Å²) in [7, 11) is 1.79. The lowest BCUT2D eigenvalue weighted by atomic mass is 10.1. The fourth-order valence-corrected chi connectivity index (χ4v) is 5.37. The highest BCUT2D eigenvalue weighted by atomic mass is 32.1. The minimum atomic E-state index is -0.726. The summed E-state index contributed by atoms with van der Waals surface area (Å²) in [5, 5.41) is 6.64. The van der Waals surface area contributed by atoms with Crippen molar-refractivity contribution >= 4 is 51.2 Å². The molecule has 1 aromatic carbocycles. The molecule has 1 atom stereocenters. The summed E-state index contributed by atoms with van der Waals surface area (Å²) in [5.74, 6) is 0.00906. The molecule has 3 heterocycles. The van der Waals surface area contributed by atoms with Gasteiger partial charge in [0.05, 0.1) is 6.54 Å². The maximum Gasteiger partial charge on any atom is 0.408 e. The third-order valence-corrected chi connectivity index (χ3v) is 7.31. The van der Waals surface area contributed by atoms with Gasteiger partial charge in [-0.05, 0) is 80.8 Å². The number of nitrogens with one attached hydrogen (secondary N) is 2. The molecule has 9 heteroatoms. The van der Waals surface area contributed by atoms with Gasteiger partial charge in [0.1, 0.15) is 17.5 Å². The Kier molecular flexibility index (Phi) is 7.63. The van der Waals surface area contributed by atoms with Crippen molar-refractivity contribution in [3.8, 4) is 0 Å². The zero-order valence-corrected chi connectivity index (χ0v) is 22.6. The van der Waals surface area contributed by atoms with Crippen molar-refractivity contribution < 1.29 is 19.1 Å². The Morgan fingerprint density at radius 3 is 2.78 bits per heavy atom.